The van der Waals surface area contributed by atoms with E-state index in [1.54, 1.807) is 0 Å². The van der Waals surface area contributed by atoms with E-state index in [1.807, 2.05) is 125 Å². The first-order chi connectivity index (χ1) is 29.8. The van der Waals surface area contributed by atoms with Crippen LogP contribution in [0.1, 0.15) is 122 Å². The van der Waals surface area contributed by atoms with Crippen molar-refractivity contribution in [1.82, 2.24) is 0 Å². The Morgan fingerprint density at radius 3 is 0.919 bits per heavy atom. The van der Waals surface area contributed by atoms with E-state index in [2.05, 4.69) is 67.5 Å². The molecule has 0 spiro atoms. The molecule has 0 amide bonds. The second-order valence-corrected chi connectivity index (χ2v) is 18.8. The van der Waals surface area contributed by atoms with Crippen LogP contribution in [-0.2, 0) is 12.8 Å². The molecule has 0 aliphatic rings. The highest BCUT2D eigenvalue weighted by atomic mass is 31.2. The first-order valence-corrected chi connectivity index (χ1v) is 24.2. The average Bonchev–Trinajstić information content (AvgIpc) is 3.23. The van der Waals surface area contributed by atoms with Crippen molar-refractivity contribution < 1.29 is 27.1 Å². The largest absolute Gasteiger partial charge is 0.530 e. The normalized spacial score (nSPS) is 11.4. The molecule has 6 nitrogen and oxygen atoms in total. The summed E-state index contributed by atoms with van der Waals surface area (Å²) < 4.78 is 42.0. The van der Waals surface area contributed by atoms with Crippen LogP contribution in [-0.4, -0.2) is 0 Å². The second kappa shape index (κ2) is 21.4. The highest BCUT2D eigenvalue weighted by Crippen LogP contribution is 2.56. The zero-order valence-electron chi connectivity index (χ0n) is 38.7. The van der Waals surface area contributed by atoms with Crippen molar-refractivity contribution in [2.45, 2.75) is 121 Å². The first kappa shape index (κ1) is 46.5. The number of rotatable bonds is 19. The smallest absolute Gasteiger partial charge is 0.408 e. The molecular weight excluding hydrogens is 807 g/mol. The summed E-state index contributed by atoms with van der Waals surface area (Å²) >= 11 is 0. The number of hydrogen-bond acceptors (Lipinski definition) is 6. The number of aryl methyl sites for hydroxylation is 6. The van der Waals surface area contributed by atoms with Crippen LogP contribution in [0.4, 0.5) is 0 Å². The summed E-state index contributed by atoms with van der Waals surface area (Å²) in [5.74, 6) is 4.49. The summed E-state index contributed by atoms with van der Waals surface area (Å²) in [4.78, 5) is 0. The van der Waals surface area contributed by atoms with Gasteiger partial charge in [0.05, 0.1) is 0 Å². The highest BCUT2D eigenvalue weighted by molar-refractivity contribution is 7.43. The number of hydrogen-bond donors (Lipinski definition) is 0. The fraction of sp³-hybridized carbons (Fsp3) is 0.333. The Morgan fingerprint density at radius 1 is 0.403 bits per heavy atom. The minimum atomic E-state index is -2.03. The lowest BCUT2D eigenvalue weighted by Crippen LogP contribution is -2.12. The van der Waals surface area contributed by atoms with E-state index < -0.39 is 17.2 Å². The van der Waals surface area contributed by atoms with E-state index in [1.165, 1.54) is 11.1 Å². The van der Waals surface area contributed by atoms with Gasteiger partial charge in [0.25, 0.3) is 0 Å². The van der Waals surface area contributed by atoms with Crippen molar-refractivity contribution >= 4 is 17.2 Å². The van der Waals surface area contributed by atoms with Crippen molar-refractivity contribution in [2.75, 3.05) is 0 Å². The molecule has 0 aliphatic heterocycles. The van der Waals surface area contributed by atoms with Gasteiger partial charge in [-0.15, -0.1) is 0 Å². The van der Waals surface area contributed by atoms with E-state index in [0.717, 1.165) is 92.8 Å². The van der Waals surface area contributed by atoms with Gasteiger partial charge < -0.3 is 27.1 Å². The molecule has 6 rings (SSSR count). The van der Waals surface area contributed by atoms with E-state index in [0.29, 0.717) is 23.0 Å². The molecule has 62 heavy (non-hydrogen) atoms. The van der Waals surface area contributed by atoms with Crippen LogP contribution in [0.3, 0.4) is 0 Å². The third kappa shape index (κ3) is 10.9. The predicted molar refractivity (Wildman–Crippen MR) is 260 cm³/mol. The van der Waals surface area contributed by atoms with Gasteiger partial charge in [0.2, 0.25) is 0 Å². The zero-order valence-corrected chi connectivity index (χ0v) is 40.5. The molecule has 0 saturated carbocycles. The molecule has 0 fully saturated rings. The molecule has 0 aliphatic carbocycles. The molecule has 0 unspecified atom stereocenters. The van der Waals surface area contributed by atoms with Crippen LogP contribution in [0.15, 0.2) is 109 Å². The molecule has 6 aromatic carbocycles. The summed E-state index contributed by atoms with van der Waals surface area (Å²) in [7, 11) is -4.06. The molecule has 6 aromatic rings. The van der Waals surface area contributed by atoms with Crippen LogP contribution in [0.5, 0.6) is 34.5 Å². The van der Waals surface area contributed by atoms with Crippen molar-refractivity contribution in [3.05, 3.63) is 165 Å². The van der Waals surface area contributed by atoms with Crippen molar-refractivity contribution in [3.8, 4) is 45.6 Å². The second-order valence-electron chi connectivity index (χ2n) is 16.8. The fourth-order valence-corrected chi connectivity index (χ4v) is 9.98. The molecule has 0 N–H and O–H groups in total. The molecular formula is C54H64O6P2. The Bertz CT molecular complexity index is 2190. The zero-order chi connectivity index (χ0) is 44.5. The van der Waals surface area contributed by atoms with Gasteiger partial charge in [-0.05, 0) is 146 Å². The highest BCUT2D eigenvalue weighted by Gasteiger charge is 2.34. The van der Waals surface area contributed by atoms with Crippen LogP contribution in [0.2, 0.25) is 0 Å². The van der Waals surface area contributed by atoms with Gasteiger partial charge in [-0.3, -0.25) is 0 Å². The van der Waals surface area contributed by atoms with Crippen LogP contribution < -0.4 is 27.1 Å². The van der Waals surface area contributed by atoms with E-state index >= 15 is 0 Å². The Morgan fingerprint density at radius 2 is 0.677 bits per heavy atom. The Hall–Kier alpha value is -5.02. The molecule has 8 heteroatoms. The minimum Gasteiger partial charge on any atom is -0.408 e. The average molecular weight is 871 g/mol. The molecule has 326 valence electrons. The number of para-hydroxylation sites is 4. The fourth-order valence-electron chi connectivity index (χ4n) is 7.61. The van der Waals surface area contributed by atoms with E-state index in [4.69, 9.17) is 27.1 Å². The SMILES string of the molecule is CCCc1cc(C(C)C)c(OP(Oc2ccccc2C)Oc2ccccc2C)c(-c2c(C)c(CCC)cc(C(C)C)c2OP(Oc2ccccc2C)Oc2ccccc2C)c1C. The lowest BCUT2D eigenvalue weighted by Gasteiger charge is -2.30. The maximum absolute atomic E-state index is 7.37. The summed E-state index contributed by atoms with van der Waals surface area (Å²) in [5.41, 5.74) is 12.9. The summed E-state index contributed by atoms with van der Waals surface area (Å²) in [5, 5.41) is 0. The summed E-state index contributed by atoms with van der Waals surface area (Å²) in [6.07, 6.45) is 3.81. The Balaban J connectivity index is 1.65. The first-order valence-electron chi connectivity index (χ1n) is 22.0. The van der Waals surface area contributed by atoms with Crippen LogP contribution >= 0.6 is 17.2 Å². The molecule has 0 bridgehead atoms. The monoisotopic (exact) mass is 870 g/mol. The Labute approximate surface area is 373 Å². The topological polar surface area (TPSA) is 55.4 Å². The maximum Gasteiger partial charge on any atom is 0.530 e. The van der Waals surface area contributed by atoms with Crippen LogP contribution in [0.25, 0.3) is 11.1 Å². The Kier molecular flexibility index (Phi) is 16.0. The van der Waals surface area contributed by atoms with E-state index in [9.17, 15) is 0 Å². The third-order valence-electron chi connectivity index (χ3n) is 11.3. The standard InChI is InChI=1S/C54H64O6P2/c1-13-23-43-33-45(35(3)4)53(59-61(55-47-29-19-15-25-37(47)7)56-48-30-20-16-26-38(48)8)51(41(43)11)52-42(12)44(24-14-2)34-46(36(5)6)54(52)60-62(57-49-31-21-17-27-39(49)9)58-50-32-22-18-28-40(50)10/h15-22,25-36H,13-14,23-24H2,1-12H3. The van der Waals surface area contributed by atoms with Gasteiger partial charge in [0, 0.05) is 11.1 Å². The lowest BCUT2D eigenvalue weighted by molar-refractivity contribution is 0.380. The van der Waals surface area contributed by atoms with Gasteiger partial charge in [-0.2, -0.15) is 0 Å². The number of benzene rings is 6. The van der Waals surface area contributed by atoms with Gasteiger partial charge in [0.1, 0.15) is 34.5 Å². The van der Waals surface area contributed by atoms with Gasteiger partial charge in [0.15, 0.2) is 0 Å². The summed E-state index contributed by atoms with van der Waals surface area (Å²) in [6.45, 7) is 26.0. The molecule has 0 radical (unpaired) electrons. The van der Waals surface area contributed by atoms with Crippen LogP contribution in [0, 0.1) is 41.5 Å². The summed E-state index contributed by atoms with van der Waals surface area (Å²) in [6, 6.07) is 36.7. The minimum absolute atomic E-state index is 0.104. The van der Waals surface area contributed by atoms with Gasteiger partial charge in [-0.25, -0.2) is 0 Å². The lowest BCUT2D eigenvalue weighted by atomic mass is 9.82. The van der Waals surface area contributed by atoms with Crippen molar-refractivity contribution in [1.29, 1.82) is 0 Å². The van der Waals surface area contributed by atoms with Gasteiger partial charge in [-0.1, -0.05) is 139 Å². The van der Waals surface area contributed by atoms with Gasteiger partial charge >= 0.3 is 17.2 Å². The molecule has 0 aromatic heterocycles. The predicted octanol–water partition coefficient (Wildman–Crippen LogP) is 16.9. The molecule has 0 saturated heterocycles. The molecule has 0 atom stereocenters. The van der Waals surface area contributed by atoms with E-state index in [-0.39, 0.29) is 11.8 Å². The quantitative estimate of drug-likeness (QED) is 0.0756. The van der Waals surface area contributed by atoms with Crippen molar-refractivity contribution in [3.63, 3.8) is 0 Å². The van der Waals surface area contributed by atoms with Crippen molar-refractivity contribution in [2.24, 2.45) is 0 Å². The third-order valence-corrected chi connectivity index (χ3v) is 13.3. The molecule has 0 heterocycles. The maximum atomic E-state index is 7.37.